The lowest BCUT2D eigenvalue weighted by atomic mass is 9.97. The maximum atomic E-state index is 12.8. The Labute approximate surface area is 219 Å². The van der Waals surface area contributed by atoms with Crippen molar-refractivity contribution in [3.63, 3.8) is 0 Å². The van der Waals surface area contributed by atoms with Gasteiger partial charge >= 0.3 is 0 Å². The number of carbonyl (C=O) groups is 2. The first-order chi connectivity index (χ1) is 18.5. The van der Waals surface area contributed by atoms with Crippen LogP contribution in [0.4, 0.5) is 11.6 Å². The second-order valence-electron chi connectivity index (χ2n) is 9.82. The van der Waals surface area contributed by atoms with Gasteiger partial charge in [0.25, 0.3) is 5.91 Å². The van der Waals surface area contributed by atoms with Gasteiger partial charge in [0.15, 0.2) is 0 Å². The van der Waals surface area contributed by atoms with Gasteiger partial charge in [-0.3, -0.25) is 14.0 Å². The highest BCUT2D eigenvalue weighted by atomic mass is 16.2. The Morgan fingerprint density at radius 2 is 1.89 bits per heavy atom. The van der Waals surface area contributed by atoms with Crippen molar-refractivity contribution >= 4 is 29.0 Å². The van der Waals surface area contributed by atoms with E-state index in [-0.39, 0.29) is 23.7 Å². The summed E-state index contributed by atoms with van der Waals surface area (Å²) in [7, 11) is 0. The smallest absolute Gasteiger partial charge is 0.256 e. The van der Waals surface area contributed by atoms with Crippen molar-refractivity contribution in [2.24, 2.45) is 5.92 Å². The summed E-state index contributed by atoms with van der Waals surface area (Å²) < 4.78 is 1.99. The fraction of sp³-hybridized carbons (Fsp3) is 0.286. The van der Waals surface area contributed by atoms with Crippen LogP contribution in [0.2, 0.25) is 0 Å². The summed E-state index contributed by atoms with van der Waals surface area (Å²) in [4.78, 5) is 40.9. The highest BCUT2D eigenvalue weighted by molar-refractivity contribution is 6.04. The Balaban J connectivity index is 1.29. The van der Waals surface area contributed by atoms with Crippen LogP contribution in [0.3, 0.4) is 0 Å². The van der Waals surface area contributed by atoms with E-state index >= 15 is 0 Å². The van der Waals surface area contributed by atoms with E-state index in [0.29, 0.717) is 40.5 Å². The lowest BCUT2D eigenvalue weighted by molar-refractivity contribution is -0.133. The number of rotatable bonds is 5. The quantitative estimate of drug-likeness (QED) is 0.421. The van der Waals surface area contributed by atoms with E-state index < -0.39 is 0 Å². The number of fused-ring (bicyclic) bond motifs is 1. The van der Waals surface area contributed by atoms with Crippen LogP contribution in [0.25, 0.3) is 16.8 Å². The number of pyridine rings is 1. The molecule has 190 valence electrons. The summed E-state index contributed by atoms with van der Waals surface area (Å²) >= 11 is 0. The predicted molar refractivity (Wildman–Crippen MR) is 141 cm³/mol. The number of amides is 2. The van der Waals surface area contributed by atoms with Crippen molar-refractivity contribution in [1.82, 2.24) is 24.3 Å². The lowest BCUT2D eigenvalue weighted by Gasteiger charge is -2.32. The summed E-state index contributed by atoms with van der Waals surface area (Å²) in [6, 6.07) is 12.2. The molecule has 3 N–H and O–H groups in total. The molecular formula is C28H26N8O2. The number of carbonyl (C=O) groups excluding carboxylic acids is 2. The maximum Gasteiger partial charge on any atom is 0.256 e. The molecule has 0 spiro atoms. The number of imidazole rings is 1. The van der Waals surface area contributed by atoms with Crippen LogP contribution in [-0.2, 0) is 4.79 Å². The first-order valence-electron chi connectivity index (χ1n) is 12.7. The first kappa shape index (κ1) is 23.6. The molecule has 1 saturated carbocycles. The lowest BCUT2D eigenvalue weighted by Crippen LogP contribution is -2.40. The van der Waals surface area contributed by atoms with Crippen molar-refractivity contribution < 1.29 is 9.59 Å². The van der Waals surface area contributed by atoms with E-state index in [1.165, 1.54) is 12.3 Å². The number of anilines is 2. The predicted octanol–water partition coefficient (Wildman–Crippen LogP) is 3.61. The van der Waals surface area contributed by atoms with Crippen molar-refractivity contribution in [3.05, 3.63) is 71.9 Å². The molecule has 6 rings (SSSR count). The average Bonchev–Trinajstić information content (AvgIpc) is 3.73. The van der Waals surface area contributed by atoms with Gasteiger partial charge in [-0.2, -0.15) is 5.26 Å². The topological polar surface area (TPSA) is 142 Å². The van der Waals surface area contributed by atoms with Gasteiger partial charge in [0, 0.05) is 54.6 Å². The third-order valence-corrected chi connectivity index (χ3v) is 7.19. The van der Waals surface area contributed by atoms with Gasteiger partial charge in [0.2, 0.25) is 5.91 Å². The van der Waals surface area contributed by atoms with E-state index in [2.05, 4.69) is 15.3 Å². The molecule has 2 aliphatic rings. The van der Waals surface area contributed by atoms with Crippen LogP contribution in [0.5, 0.6) is 0 Å². The van der Waals surface area contributed by atoms with Crippen LogP contribution in [0.1, 0.15) is 53.3 Å². The van der Waals surface area contributed by atoms with Crippen LogP contribution in [0, 0.1) is 17.2 Å². The molecule has 2 amide bonds. The minimum Gasteiger partial charge on any atom is -0.382 e. The second kappa shape index (κ2) is 9.59. The highest BCUT2D eigenvalue weighted by Gasteiger charge is 2.36. The van der Waals surface area contributed by atoms with Gasteiger partial charge in [0.05, 0.1) is 11.6 Å². The zero-order valence-electron chi connectivity index (χ0n) is 20.7. The Morgan fingerprint density at radius 3 is 2.66 bits per heavy atom. The zero-order valence-corrected chi connectivity index (χ0v) is 20.7. The minimum absolute atomic E-state index is 0.0937. The highest BCUT2D eigenvalue weighted by Crippen LogP contribution is 2.36. The largest absolute Gasteiger partial charge is 0.382 e. The molecule has 4 aromatic rings. The summed E-state index contributed by atoms with van der Waals surface area (Å²) in [6.07, 6.45) is 8.87. The monoisotopic (exact) mass is 506 g/mol. The van der Waals surface area contributed by atoms with Gasteiger partial charge in [-0.05, 0) is 49.9 Å². The van der Waals surface area contributed by atoms with E-state index in [0.717, 1.165) is 43.6 Å². The molecule has 0 radical (unpaired) electrons. The third-order valence-electron chi connectivity index (χ3n) is 7.19. The number of nitrogens with two attached hydrogens (primary N) is 1. The molecule has 3 aromatic heterocycles. The number of nitrogens with one attached hydrogen (secondary N) is 1. The van der Waals surface area contributed by atoms with Gasteiger partial charge in [-0.1, -0.05) is 12.1 Å². The van der Waals surface area contributed by atoms with Crippen LogP contribution in [-0.4, -0.2) is 49.2 Å². The number of hydrogen-bond acceptors (Lipinski definition) is 7. The Bertz CT molecular complexity index is 1580. The Kier molecular flexibility index (Phi) is 5.96. The molecule has 1 aliphatic heterocycles. The number of likely N-dealkylation sites (tertiary alicyclic amines) is 1. The molecule has 1 atom stereocenters. The molecule has 10 heteroatoms. The maximum absolute atomic E-state index is 12.8. The van der Waals surface area contributed by atoms with Crippen molar-refractivity contribution in [2.75, 3.05) is 24.1 Å². The molecule has 0 bridgehead atoms. The number of aromatic nitrogens is 4. The van der Waals surface area contributed by atoms with Gasteiger partial charge in [-0.15, -0.1) is 0 Å². The molecule has 1 saturated heterocycles. The molecule has 0 unspecified atom stereocenters. The molecule has 4 heterocycles. The Morgan fingerprint density at radius 1 is 1.08 bits per heavy atom. The van der Waals surface area contributed by atoms with Crippen molar-refractivity contribution in [1.29, 1.82) is 5.26 Å². The molecule has 10 nitrogen and oxygen atoms in total. The molecule has 1 aromatic carbocycles. The third kappa shape index (κ3) is 4.43. The van der Waals surface area contributed by atoms with E-state index in [1.807, 2.05) is 33.7 Å². The number of piperidine rings is 1. The number of nitrogens with zero attached hydrogens (tertiary/aromatic N) is 6. The Hall–Kier alpha value is -4.78. The van der Waals surface area contributed by atoms with Gasteiger partial charge in [0.1, 0.15) is 28.7 Å². The molecule has 1 aliphatic carbocycles. The summed E-state index contributed by atoms with van der Waals surface area (Å²) in [5.41, 5.74) is 9.37. The summed E-state index contributed by atoms with van der Waals surface area (Å²) in [5.74, 6) is 1.76. The fourth-order valence-electron chi connectivity index (χ4n) is 5.09. The van der Waals surface area contributed by atoms with Gasteiger partial charge < -0.3 is 16.0 Å². The number of nitriles is 1. The van der Waals surface area contributed by atoms with Crippen molar-refractivity contribution in [2.45, 2.75) is 31.6 Å². The second-order valence-corrected chi connectivity index (χ2v) is 9.82. The molecular weight excluding hydrogens is 480 g/mol. The average molecular weight is 507 g/mol. The van der Waals surface area contributed by atoms with Crippen LogP contribution in [0.15, 0.2) is 55.0 Å². The van der Waals surface area contributed by atoms with Crippen molar-refractivity contribution in [3.8, 4) is 17.3 Å². The van der Waals surface area contributed by atoms with Gasteiger partial charge in [-0.25, -0.2) is 15.0 Å². The zero-order chi connectivity index (χ0) is 26.2. The fourth-order valence-corrected chi connectivity index (χ4v) is 5.09. The standard InChI is InChI=1S/C28H26N8O2/c29-15-17-9-10-31-22(14-17)33-27(37)19-5-3-18(4-6-19)23-24-25(30)32-11-13-36(24)26(34-23)21-2-1-12-35(16-21)28(38)20-7-8-20/h3-6,9-11,13-14,20-21H,1-2,7-8,12,16H2,(H2,30,32)(H,31,33,37)/t21-/m1/s1. The summed E-state index contributed by atoms with van der Waals surface area (Å²) in [5, 5.41) is 11.8. The van der Waals surface area contributed by atoms with E-state index in [9.17, 15) is 9.59 Å². The first-order valence-corrected chi connectivity index (χ1v) is 12.7. The SMILES string of the molecule is N#Cc1ccnc(NC(=O)c2ccc(-c3nc([C@@H]4CCCN(C(=O)C5CC5)C4)n4ccnc(N)c34)cc2)c1. The number of benzene rings is 1. The van der Waals surface area contributed by atoms with Crippen LogP contribution < -0.4 is 11.1 Å². The summed E-state index contributed by atoms with van der Waals surface area (Å²) in [6.45, 7) is 1.45. The normalized spacial score (nSPS) is 17.2. The molecule has 38 heavy (non-hydrogen) atoms. The number of hydrogen-bond donors (Lipinski definition) is 2. The molecule has 2 fully saturated rings. The van der Waals surface area contributed by atoms with E-state index in [4.69, 9.17) is 16.0 Å². The van der Waals surface area contributed by atoms with Crippen LogP contribution >= 0.6 is 0 Å². The minimum atomic E-state index is -0.335. The number of nitrogen functional groups attached to an aromatic ring is 1. The van der Waals surface area contributed by atoms with E-state index in [1.54, 1.807) is 24.4 Å².